The first-order valence-electron chi connectivity index (χ1n) is 8.44. The highest BCUT2D eigenvalue weighted by Crippen LogP contribution is 2.36. The second-order valence-electron chi connectivity index (χ2n) is 6.42. The number of nitrogens with two attached hydrogens (primary N) is 1. The van der Waals surface area contributed by atoms with Crippen molar-refractivity contribution >= 4 is 29.1 Å². The van der Waals surface area contributed by atoms with Gasteiger partial charge in [-0.1, -0.05) is 41.9 Å². The molecule has 2 unspecified atom stereocenters. The van der Waals surface area contributed by atoms with Gasteiger partial charge in [0.2, 0.25) is 11.8 Å². The van der Waals surface area contributed by atoms with E-state index >= 15 is 0 Å². The number of fused-ring (bicyclic) bond motifs is 1. The van der Waals surface area contributed by atoms with Crippen molar-refractivity contribution in [2.75, 3.05) is 11.4 Å². The third kappa shape index (κ3) is 4.28. The smallest absolute Gasteiger partial charge is 0.345 e. The molecule has 1 aliphatic heterocycles. The Bertz CT molecular complexity index is 890. The van der Waals surface area contributed by atoms with Crippen molar-refractivity contribution in [3.63, 3.8) is 0 Å². The van der Waals surface area contributed by atoms with Crippen LogP contribution in [0.25, 0.3) is 0 Å². The van der Waals surface area contributed by atoms with Gasteiger partial charge in [0.05, 0.1) is 0 Å². The molecule has 3 rings (SSSR count). The Kier molecular flexibility index (Phi) is 5.62. The van der Waals surface area contributed by atoms with Crippen LogP contribution in [-0.2, 0) is 16.0 Å². The molecule has 0 aromatic heterocycles. The predicted octanol–water partition coefficient (Wildman–Crippen LogP) is 2.98. The molecule has 0 saturated carbocycles. The number of anilines is 1. The third-order valence-corrected chi connectivity index (χ3v) is 4.69. The third-order valence-electron chi connectivity index (χ3n) is 4.45. The minimum Gasteiger partial charge on any atom is -0.345 e. The molecule has 2 amide bonds. The lowest BCUT2D eigenvalue weighted by atomic mass is 10.1. The van der Waals surface area contributed by atoms with Gasteiger partial charge in [-0.3, -0.25) is 14.5 Å². The van der Waals surface area contributed by atoms with Crippen LogP contribution in [-0.4, -0.2) is 30.6 Å². The molecule has 3 N–H and O–H groups in total. The summed E-state index contributed by atoms with van der Waals surface area (Å²) in [6, 6.07) is 11.0. The second kappa shape index (κ2) is 7.81. The fourth-order valence-corrected chi connectivity index (χ4v) is 3.35. The fraction of sp³-hybridized carbons (Fsp3) is 0.263. The van der Waals surface area contributed by atoms with Crippen molar-refractivity contribution in [1.82, 2.24) is 5.32 Å². The number of amides is 2. The molecule has 0 fully saturated rings. The number of carbonyl (C=O) groups is 2. The molecule has 1 heterocycles. The van der Waals surface area contributed by atoms with Crippen LogP contribution in [0.15, 0.2) is 48.5 Å². The molecule has 1 aliphatic rings. The average Bonchev–Trinajstić information content (AvgIpc) is 3.03. The van der Waals surface area contributed by atoms with E-state index in [2.05, 4.69) is 0 Å². The van der Waals surface area contributed by atoms with Gasteiger partial charge < -0.3 is 11.1 Å². The Balaban J connectivity index is 1.91. The van der Waals surface area contributed by atoms with Crippen molar-refractivity contribution in [3.8, 4) is 0 Å². The van der Waals surface area contributed by atoms with E-state index in [0.29, 0.717) is 21.8 Å². The maximum Gasteiger partial charge on any atom is 0.405 e. The number of hydrogen-bond acceptors (Lipinski definition) is 3. The molecular formula is C19H17ClF3N3O2. The Morgan fingerprint density at radius 1 is 1.21 bits per heavy atom. The summed E-state index contributed by atoms with van der Waals surface area (Å²) in [7, 11) is 0. The molecule has 0 saturated heterocycles. The highest BCUT2D eigenvalue weighted by molar-refractivity contribution is 6.30. The van der Waals surface area contributed by atoms with Crippen molar-refractivity contribution < 1.29 is 22.8 Å². The predicted molar refractivity (Wildman–Crippen MR) is 98.9 cm³/mol. The first-order valence-corrected chi connectivity index (χ1v) is 8.81. The molecule has 0 radical (unpaired) electrons. The van der Waals surface area contributed by atoms with Crippen LogP contribution in [0.4, 0.5) is 18.9 Å². The molecule has 2 aromatic carbocycles. The molecular weight excluding hydrogens is 395 g/mol. The van der Waals surface area contributed by atoms with Gasteiger partial charge in [0.25, 0.3) is 0 Å². The van der Waals surface area contributed by atoms with Crippen LogP contribution in [0, 0.1) is 0 Å². The van der Waals surface area contributed by atoms with E-state index in [1.165, 1.54) is 0 Å². The minimum absolute atomic E-state index is 0.0484. The van der Waals surface area contributed by atoms with Gasteiger partial charge in [-0.05, 0) is 29.3 Å². The van der Waals surface area contributed by atoms with Crippen LogP contribution < -0.4 is 16.0 Å². The largest absolute Gasteiger partial charge is 0.405 e. The lowest BCUT2D eigenvalue weighted by molar-refractivity contribution is -0.139. The van der Waals surface area contributed by atoms with Gasteiger partial charge >= 0.3 is 6.18 Å². The number of carbonyl (C=O) groups excluding carboxylic acids is 2. The summed E-state index contributed by atoms with van der Waals surface area (Å²) in [4.78, 5) is 26.7. The SMILES string of the molecule is NC(C(=O)N1c2ccc(Cl)cc2CC1C(=O)NCC(F)(F)F)c1ccccc1. The Hall–Kier alpha value is -2.58. The Morgan fingerprint density at radius 3 is 2.54 bits per heavy atom. The fourth-order valence-electron chi connectivity index (χ4n) is 3.16. The van der Waals surface area contributed by atoms with Crippen molar-refractivity contribution in [2.24, 2.45) is 5.73 Å². The summed E-state index contributed by atoms with van der Waals surface area (Å²) in [6.07, 6.45) is -4.51. The minimum atomic E-state index is -4.56. The zero-order valence-electron chi connectivity index (χ0n) is 14.5. The van der Waals surface area contributed by atoms with Crippen LogP contribution >= 0.6 is 11.6 Å². The normalized spacial score (nSPS) is 17.2. The summed E-state index contributed by atoms with van der Waals surface area (Å²) in [5, 5.41) is 2.24. The maximum absolute atomic E-state index is 13.1. The molecule has 0 bridgehead atoms. The van der Waals surface area contributed by atoms with Crippen LogP contribution in [0.2, 0.25) is 5.02 Å². The zero-order chi connectivity index (χ0) is 20.5. The average molecular weight is 412 g/mol. The standard InChI is InChI=1S/C19H17ClF3N3O2/c20-13-6-7-14-12(8-13)9-15(17(27)25-10-19(21,22)23)26(14)18(28)16(24)11-4-2-1-3-5-11/h1-8,15-16H,9-10,24H2,(H,25,27). The van der Waals surface area contributed by atoms with E-state index in [1.807, 2.05) is 5.32 Å². The number of nitrogens with one attached hydrogen (secondary N) is 1. The maximum atomic E-state index is 13.1. The second-order valence-corrected chi connectivity index (χ2v) is 6.86. The molecule has 2 aromatic rings. The van der Waals surface area contributed by atoms with Crippen LogP contribution in [0.5, 0.6) is 0 Å². The topological polar surface area (TPSA) is 75.4 Å². The van der Waals surface area contributed by atoms with Gasteiger partial charge in [-0.2, -0.15) is 13.2 Å². The first kappa shape index (κ1) is 20.2. The van der Waals surface area contributed by atoms with Crippen LogP contribution in [0.1, 0.15) is 17.2 Å². The summed E-state index contributed by atoms with van der Waals surface area (Å²) < 4.78 is 37.5. The summed E-state index contributed by atoms with van der Waals surface area (Å²) in [6.45, 7) is -1.48. The lowest BCUT2D eigenvalue weighted by Gasteiger charge is -2.27. The lowest BCUT2D eigenvalue weighted by Crippen LogP contribution is -2.51. The van der Waals surface area contributed by atoms with Gasteiger partial charge in [0.1, 0.15) is 18.6 Å². The number of benzene rings is 2. The Morgan fingerprint density at radius 2 is 1.89 bits per heavy atom. The van der Waals surface area contributed by atoms with Crippen LogP contribution in [0.3, 0.4) is 0 Å². The molecule has 0 aliphatic carbocycles. The highest BCUT2D eigenvalue weighted by atomic mass is 35.5. The molecule has 2 atom stereocenters. The molecule has 5 nitrogen and oxygen atoms in total. The molecule has 0 spiro atoms. The van der Waals surface area contributed by atoms with Crippen molar-refractivity contribution in [1.29, 1.82) is 0 Å². The monoisotopic (exact) mass is 411 g/mol. The highest BCUT2D eigenvalue weighted by Gasteiger charge is 2.41. The van der Waals surface area contributed by atoms with Gasteiger partial charge in [0.15, 0.2) is 0 Å². The summed E-state index contributed by atoms with van der Waals surface area (Å²) in [5.41, 5.74) is 7.61. The number of nitrogens with zero attached hydrogens (tertiary/aromatic N) is 1. The summed E-state index contributed by atoms with van der Waals surface area (Å²) in [5.74, 6) is -1.49. The van der Waals surface area contributed by atoms with E-state index in [0.717, 1.165) is 4.90 Å². The zero-order valence-corrected chi connectivity index (χ0v) is 15.3. The van der Waals surface area contributed by atoms with Gasteiger partial charge in [-0.25, -0.2) is 0 Å². The summed E-state index contributed by atoms with van der Waals surface area (Å²) >= 11 is 5.98. The molecule has 9 heteroatoms. The first-order chi connectivity index (χ1) is 13.2. The number of rotatable bonds is 4. The quantitative estimate of drug-likeness (QED) is 0.812. The van der Waals surface area contributed by atoms with Crippen molar-refractivity contribution in [2.45, 2.75) is 24.7 Å². The van der Waals surface area contributed by atoms with Gasteiger partial charge in [0, 0.05) is 17.1 Å². The van der Waals surface area contributed by atoms with E-state index < -0.39 is 36.6 Å². The Labute approximate surface area is 164 Å². The number of halogens is 4. The van der Waals surface area contributed by atoms with E-state index in [9.17, 15) is 22.8 Å². The molecule has 148 valence electrons. The van der Waals surface area contributed by atoms with E-state index in [1.54, 1.807) is 48.5 Å². The van der Waals surface area contributed by atoms with E-state index in [-0.39, 0.29) is 6.42 Å². The number of hydrogen-bond donors (Lipinski definition) is 2. The van der Waals surface area contributed by atoms with E-state index in [4.69, 9.17) is 17.3 Å². The molecule has 28 heavy (non-hydrogen) atoms. The van der Waals surface area contributed by atoms with Gasteiger partial charge in [-0.15, -0.1) is 0 Å². The number of alkyl halides is 3. The van der Waals surface area contributed by atoms with Crippen molar-refractivity contribution in [3.05, 3.63) is 64.7 Å².